The van der Waals surface area contributed by atoms with Crippen LogP contribution in [0.4, 0.5) is 0 Å². The normalized spacial score (nSPS) is 33.5. The summed E-state index contributed by atoms with van der Waals surface area (Å²) in [7, 11) is -8.94. The molecule has 3 aliphatic rings. The number of sulfone groups is 3. The molecule has 3 heterocycles. The zero-order chi connectivity index (χ0) is 20.4. The molecule has 0 saturated carbocycles. The van der Waals surface area contributed by atoms with Crippen LogP contribution in [0.5, 0.6) is 0 Å². The van der Waals surface area contributed by atoms with Gasteiger partial charge < -0.3 is 10.1 Å². The monoisotopic (exact) mass is 458 g/mol. The van der Waals surface area contributed by atoms with E-state index in [0.29, 0.717) is 45.5 Å². The number of nitrogens with zero attached hydrogens (tertiary/aromatic N) is 1. The Morgan fingerprint density at radius 1 is 0.786 bits per heavy atom. The van der Waals surface area contributed by atoms with Crippen molar-refractivity contribution in [1.29, 1.82) is 0 Å². The fourth-order valence-electron chi connectivity index (χ4n) is 4.14. The average Bonchev–Trinajstić information content (AvgIpc) is 3.22. The number of nitrogens with one attached hydrogen (secondary N) is 1. The Labute approximate surface area is 167 Å². The van der Waals surface area contributed by atoms with Crippen molar-refractivity contribution in [2.45, 2.75) is 37.5 Å². The van der Waals surface area contributed by atoms with E-state index in [9.17, 15) is 25.3 Å². The summed E-state index contributed by atoms with van der Waals surface area (Å²) in [5.74, 6) is 0.906. The molecule has 3 aliphatic heterocycles. The minimum Gasteiger partial charge on any atom is -0.376 e. The van der Waals surface area contributed by atoms with Gasteiger partial charge in [-0.1, -0.05) is 0 Å². The molecule has 0 aliphatic carbocycles. The number of hydrogen-bond donors (Lipinski definition) is 1. The Morgan fingerprint density at radius 2 is 1.43 bits per heavy atom. The van der Waals surface area contributed by atoms with Gasteiger partial charge in [-0.25, -0.2) is 25.3 Å². The highest BCUT2D eigenvalue weighted by Gasteiger charge is 2.33. The van der Waals surface area contributed by atoms with Crippen LogP contribution < -0.4 is 5.32 Å². The molecule has 0 amide bonds. The van der Waals surface area contributed by atoms with E-state index in [-0.39, 0.29) is 52.7 Å². The predicted octanol–water partition coefficient (Wildman–Crippen LogP) is -1.54. The van der Waals surface area contributed by atoms with Gasteiger partial charge in [0.15, 0.2) is 29.5 Å². The second kappa shape index (κ2) is 8.84. The maximum atomic E-state index is 11.8. The molecule has 1 N–H and O–H groups in total. The summed E-state index contributed by atoms with van der Waals surface area (Å²) in [5, 5.41) is 3.26. The summed E-state index contributed by atoms with van der Waals surface area (Å²) in [6.45, 7) is 2.06. The molecular weight excluding hydrogens is 428 g/mol. The van der Waals surface area contributed by atoms with E-state index in [1.54, 1.807) is 0 Å². The van der Waals surface area contributed by atoms with Crippen molar-refractivity contribution in [2.24, 2.45) is 0 Å². The highest BCUT2D eigenvalue weighted by atomic mass is 32.2. The summed E-state index contributed by atoms with van der Waals surface area (Å²) in [6.07, 6.45) is 1.43. The first-order valence-corrected chi connectivity index (χ1v) is 15.2. The van der Waals surface area contributed by atoms with Crippen LogP contribution in [0.25, 0.3) is 0 Å². The van der Waals surface area contributed by atoms with E-state index >= 15 is 0 Å². The molecule has 0 aromatic rings. The summed E-state index contributed by atoms with van der Waals surface area (Å²) < 4.78 is 75.6. The van der Waals surface area contributed by atoms with Gasteiger partial charge in [-0.05, 0) is 19.3 Å². The first-order chi connectivity index (χ1) is 13.0. The van der Waals surface area contributed by atoms with Crippen LogP contribution >= 0.6 is 0 Å². The van der Waals surface area contributed by atoms with Crippen molar-refractivity contribution in [1.82, 2.24) is 10.2 Å². The molecule has 3 rings (SSSR count). The lowest BCUT2D eigenvalue weighted by molar-refractivity contribution is 0.0454. The van der Waals surface area contributed by atoms with Crippen LogP contribution in [0.3, 0.4) is 0 Å². The van der Waals surface area contributed by atoms with Crippen molar-refractivity contribution in [3.05, 3.63) is 0 Å². The fourth-order valence-corrected chi connectivity index (χ4v) is 9.23. The summed E-state index contributed by atoms with van der Waals surface area (Å²) >= 11 is 0. The van der Waals surface area contributed by atoms with Crippen LogP contribution in [0.15, 0.2) is 0 Å². The standard InChI is InChI=1S/C16H30N2O7S3/c19-26(20)8-1-14(11-26)17-4-5-18(15-2-9-27(21,22)12-15)6-7-25-16-3-10-28(23,24)13-16/h14-17H,1-13H2. The molecule has 28 heavy (non-hydrogen) atoms. The maximum absolute atomic E-state index is 11.8. The van der Waals surface area contributed by atoms with E-state index < -0.39 is 29.5 Å². The zero-order valence-corrected chi connectivity index (χ0v) is 18.4. The van der Waals surface area contributed by atoms with Crippen molar-refractivity contribution in [3.63, 3.8) is 0 Å². The van der Waals surface area contributed by atoms with Gasteiger partial charge in [0.25, 0.3) is 0 Å². The molecule has 3 fully saturated rings. The molecule has 3 atom stereocenters. The second-order valence-electron chi connectivity index (χ2n) is 8.04. The molecule has 0 spiro atoms. The number of hydrogen-bond acceptors (Lipinski definition) is 9. The van der Waals surface area contributed by atoms with Crippen molar-refractivity contribution < 1.29 is 30.0 Å². The SMILES string of the molecule is O=S1(=O)CCC(NCCN(CCOC2CCS(=O)(=O)C2)C2CCS(=O)(=O)C2)C1. The molecular formula is C16H30N2O7S3. The molecule has 164 valence electrons. The summed E-state index contributed by atoms with van der Waals surface area (Å²) in [4.78, 5) is 2.07. The highest BCUT2D eigenvalue weighted by Crippen LogP contribution is 2.19. The van der Waals surface area contributed by atoms with Crippen molar-refractivity contribution in [3.8, 4) is 0 Å². The van der Waals surface area contributed by atoms with Crippen molar-refractivity contribution in [2.75, 3.05) is 60.8 Å². The third-order valence-electron chi connectivity index (χ3n) is 5.71. The van der Waals surface area contributed by atoms with E-state index in [1.165, 1.54) is 0 Å². The molecule has 0 bridgehead atoms. The predicted molar refractivity (Wildman–Crippen MR) is 107 cm³/mol. The van der Waals surface area contributed by atoms with Gasteiger partial charge in [0.1, 0.15) is 0 Å². The lowest BCUT2D eigenvalue weighted by atomic mass is 10.2. The summed E-state index contributed by atoms with van der Waals surface area (Å²) in [6, 6.07) is -0.117. The number of rotatable bonds is 9. The fraction of sp³-hybridized carbons (Fsp3) is 1.00. The zero-order valence-electron chi connectivity index (χ0n) is 16.0. The van der Waals surface area contributed by atoms with Gasteiger partial charge in [0, 0.05) is 31.7 Å². The lowest BCUT2D eigenvalue weighted by Gasteiger charge is -2.29. The largest absolute Gasteiger partial charge is 0.376 e. The Kier molecular flexibility index (Phi) is 7.08. The molecule has 12 heteroatoms. The lowest BCUT2D eigenvalue weighted by Crippen LogP contribution is -2.44. The third kappa shape index (κ3) is 6.63. The van der Waals surface area contributed by atoms with Gasteiger partial charge in [-0.2, -0.15) is 0 Å². The average molecular weight is 459 g/mol. The Morgan fingerprint density at radius 3 is 2.00 bits per heavy atom. The van der Waals surface area contributed by atoms with Crippen LogP contribution in [0, 0.1) is 0 Å². The highest BCUT2D eigenvalue weighted by molar-refractivity contribution is 7.92. The van der Waals surface area contributed by atoms with Gasteiger partial charge in [0.05, 0.1) is 47.2 Å². The smallest absolute Gasteiger partial charge is 0.152 e. The minimum absolute atomic E-state index is 0.0425. The number of ether oxygens (including phenoxy) is 1. The second-order valence-corrected chi connectivity index (χ2v) is 14.7. The minimum atomic E-state index is -3.01. The maximum Gasteiger partial charge on any atom is 0.152 e. The van der Waals surface area contributed by atoms with E-state index in [0.717, 1.165) is 0 Å². The third-order valence-corrected chi connectivity index (χ3v) is 11.0. The molecule has 3 saturated heterocycles. The van der Waals surface area contributed by atoms with Crippen LogP contribution in [-0.2, 0) is 34.2 Å². The van der Waals surface area contributed by atoms with Crippen LogP contribution in [-0.4, -0.2) is 109 Å². The van der Waals surface area contributed by atoms with E-state index in [1.807, 2.05) is 0 Å². The topological polar surface area (TPSA) is 127 Å². The van der Waals surface area contributed by atoms with Gasteiger partial charge >= 0.3 is 0 Å². The molecule has 0 aromatic heterocycles. The van der Waals surface area contributed by atoms with Crippen molar-refractivity contribution >= 4 is 29.5 Å². The molecule has 0 aromatic carbocycles. The van der Waals surface area contributed by atoms with Gasteiger partial charge in [-0.3, -0.25) is 4.90 Å². The summed E-state index contributed by atoms with van der Waals surface area (Å²) in [5.41, 5.74) is 0. The van der Waals surface area contributed by atoms with Gasteiger partial charge in [-0.15, -0.1) is 0 Å². The molecule has 0 radical (unpaired) electrons. The van der Waals surface area contributed by atoms with Crippen LogP contribution in [0.1, 0.15) is 19.3 Å². The molecule has 3 unspecified atom stereocenters. The first kappa shape index (κ1) is 22.4. The Balaban J connectivity index is 1.47. The molecule has 9 nitrogen and oxygen atoms in total. The van der Waals surface area contributed by atoms with E-state index in [2.05, 4.69) is 10.2 Å². The first-order valence-electron chi connectivity index (χ1n) is 9.74. The Bertz CT molecular complexity index is 805. The van der Waals surface area contributed by atoms with Crippen LogP contribution in [0.2, 0.25) is 0 Å². The Hall–Kier alpha value is -0.270. The quantitative estimate of drug-likeness (QED) is 0.437. The van der Waals surface area contributed by atoms with E-state index in [4.69, 9.17) is 4.74 Å². The van der Waals surface area contributed by atoms with Gasteiger partial charge in [0.2, 0.25) is 0 Å².